The number of hydrogen-bond acceptors (Lipinski definition) is 7. The summed E-state index contributed by atoms with van der Waals surface area (Å²) >= 11 is 0. The summed E-state index contributed by atoms with van der Waals surface area (Å²) in [6.07, 6.45) is 18.6. The number of ether oxygens (including phenoxy) is 4. The first-order valence-electron chi connectivity index (χ1n) is 13.2. The van der Waals surface area contributed by atoms with Gasteiger partial charge in [0, 0.05) is 6.42 Å². The SMILES string of the molecule is CCCCCCCC/C=C\CCCCCCCC(=O)OC1=C(O)C(=O)OC1C1COC(C)(C)O1.[H-].[Na+]. The van der Waals surface area contributed by atoms with Gasteiger partial charge in [0.15, 0.2) is 11.9 Å². The van der Waals surface area contributed by atoms with Crippen molar-refractivity contribution in [1.82, 2.24) is 0 Å². The Morgan fingerprint density at radius 3 is 2.17 bits per heavy atom. The van der Waals surface area contributed by atoms with Crippen molar-refractivity contribution in [2.24, 2.45) is 0 Å². The van der Waals surface area contributed by atoms with Crippen molar-refractivity contribution in [2.75, 3.05) is 6.61 Å². The number of hydrogen-bond donors (Lipinski definition) is 1. The van der Waals surface area contributed by atoms with Crippen LogP contribution in [0, 0.1) is 0 Å². The van der Waals surface area contributed by atoms with E-state index in [0.717, 1.165) is 25.7 Å². The van der Waals surface area contributed by atoms with E-state index >= 15 is 0 Å². The van der Waals surface area contributed by atoms with E-state index in [-0.39, 0.29) is 49.8 Å². The zero-order chi connectivity index (χ0) is 24.8. The quantitative estimate of drug-likeness (QED) is 0.140. The van der Waals surface area contributed by atoms with Gasteiger partial charge in [-0.1, -0.05) is 70.4 Å². The average molecular weight is 505 g/mol. The Bertz CT molecular complexity index is 708. The van der Waals surface area contributed by atoms with Gasteiger partial charge in [-0.25, -0.2) is 4.79 Å². The maximum atomic E-state index is 12.3. The van der Waals surface area contributed by atoms with Crippen molar-refractivity contribution in [3.8, 4) is 0 Å². The van der Waals surface area contributed by atoms with Crippen molar-refractivity contribution < 1.29 is 64.6 Å². The number of aliphatic hydroxyl groups is 1. The number of carbonyl (C=O) groups is 2. The van der Waals surface area contributed by atoms with Crippen LogP contribution in [0.1, 0.15) is 112 Å². The summed E-state index contributed by atoms with van der Waals surface area (Å²) in [6.45, 7) is 5.90. The predicted molar refractivity (Wildman–Crippen MR) is 131 cm³/mol. The second kappa shape index (κ2) is 17.6. The number of unbranched alkanes of at least 4 members (excludes halogenated alkanes) is 11. The first-order chi connectivity index (χ1) is 16.3. The fourth-order valence-corrected chi connectivity index (χ4v) is 4.19. The van der Waals surface area contributed by atoms with Crippen LogP contribution >= 0.6 is 0 Å². The molecule has 0 bridgehead atoms. The fraction of sp³-hybridized carbons (Fsp3) is 0.778. The Morgan fingerprint density at radius 1 is 1.03 bits per heavy atom. The molecule has 2 aliphatic heterocycles. The number of cyclic esters (lactones) is 1. The van der Waals surface area contributed by atoms with Crippen LogP contribution in [-0.4, -0.2) is 41.6 Å². The maximum Gasteiger partial charge on any atom is 1.00 e. The van der Waals surface area contributed by atoms with E-state index in [1.54, 1.807) is 13.8 Å². The van der Waals surface area contributed by atoms with Crippen LogP contribution in [0.15, 0.2) is 23.7 Å². The normalized spacial score (nSPS) is 21.4. The summed E-state index contributed by atoms with van der Waals surface area (Å²) in [4.78, 5) is 24.0. The van der Waals surface area contributed by atoms with E-state index in [1.807, 2.05) is 0 Å². The number of esters is 2. The first-order valence-corrected chi connectivity index (χ1v) is 13.2. The van der Waals surface area contributed by atoms with E-state index in [2.05, 4.69) is 19.1 Å². The van der Waals surface area contributed by atoms with Crippen LogP contribution in [0.4, 0.5) is 0 Å². The van der Waals surface area contributed by atoms with Gasteiger partial charge < -0.3 is 25.5 Å². The Hall–Kier alpha value is -0.860. The molecule has 0 radical (unpaired) electrons. The molecule has 2 rings (SSSR count). The van der Waals surface area contributed by atoms with E-state index in [4.69, 9.17) is 18.9 Å². The number of carbonyl (C=O) groups excluding carboxylic acids is 2. The molecule has 1 saturated heterocycles. The summed E-state index contributed by atoms with van der Waals surface area (Å²) < 4.78 is 21.6. The van der Waals surface area contributed by atoms with Gasteiger partial charge in [-0.15, -0.1) is 0 Å². The minimum Gasteiger partial charge on any atom is -1.00 e. The second-order valence-corrected chi connectivity index (χ2v) is 9.71. The molecule has 1 fully saturated rings. The first kappa shape index (κ1) is 32.2. The van der Waals surface area contributed by atoms with Crippen molar-refractivity contribution in [3.63, 3.8) is 0 Å². The van der Waals surface area contributed by atoms with Gasteiger partial charge in [-0.2, -0.15) is 0 Å². The summed E-state index contributed by atoms with van der Waals surface area (Å²) in [5.74, 6) is -3.07. The minimum atomic E-state index is -0.979. The van der Waals surface area contributed by atoms with Gasteiger partial charge in [-0.05, 0) is 46.0 Å². The Morgan fingerprint density at radius 2 is 1.60 bits per heavy atom. The van der Waals surface area contributed by atoms with Gasteiger partial charge >= 0.3 is 41.5 Å². The monoisotopic (exact) mass is 504 g/mol. The van der Waals surface area contributed by atoms with Gasteiger partial charge in [0.2, 0.25) is 11.5 Å². The molecule has 7 nitrogen and oxygen atoms in total. The van der Waals surface area contributed by atoms with Crippen LogP contribution in [0.25, 0.3) is 0 Å². The average Bonchev–Trinajstić information content (AvgIpc) is 3.29. The van der Waals surface area contributed by atoms with Crippen LogP contribution in [0.5, 0.6) is 0 Å². The molecule has 2 atom stereocenters. The molecule has 35 heavy (non-hydrogen) atoms. The molecular weight excluding hydrogens is 459 g/mol. The third kappa shape index (κ3) is 12.3. The van der Waals surface area contributed by atoms with Crippen LogP contribution in [0.3, 0.4) is 0 Å². The molecule has 2 aliphatic rings. The number of rotatable bonds is 17. The van der Waals surface area contributed by atoms with E-state index in [1.165, 1.54) is 51.4 Å². The molecule has 2 heterocycles. The summed E-state index contributed by atoms with van der Waals surface area (Å²) in [7, 11) is 0. The zero-order valence-corrected chi connectivity index (χ0v) is 24.3. The van der Waals surface area contributed by atoms with Crippen molar-refractivity contribution >= 4 is 11.9 Å². The molecule has 0 saturated carbocycles. The molecule has 1 N–H and O–H groups in total. The molecule has 0 aliphatic carbocycles. The Kier molecular flexibility index (Phi) is 16.1. The van der Waals surface area contributed by atoms with Crippen LogP contribution in [-0.2, 0) is 28.5 Å². The van der Waals surface area contributed by atoms with Crippen molar-refractivity contribution in [2.45, 2.75) is 129 Å². The van der Waals surface area contributed by atoms with E-state index in [0.29, 0.717) is 6.42 Å². The van der Waals surface area contributed by atoms with Gasteiger partial charge in [0.25, 0.3) is 0 Å². The summed E-state index contributed by atoms with van der Waals surface area (Å²) in [6, 6.07) is 0. The Labute approximate surface area is 234 Å². The molecule has 8 heteroatoms. The zero-order valence-electron chi connectivity index (χ0n) is 23.3. The molecule has 2 unspecified atom stereocenters. The summed E-state index contributed by atoms with van der Waals surface area (Å²) in [5, 5.41) is 10.00. The van der Waals surface area contributed by atoms with E-state index < -0.39 is 35.7 Å². The third-order valence-electron chi connectivity index (χ3n) is 6.15. The van der Waals surface area contributed by atoms with Gasteiger partial charge in [0.05, 0.1) is 6.61 Å². The number of aliphatic hydroxyl groups excluding tert-OH is 1. The third-order valence-corrected chi connectivity index (χ3v) is 6.15. The maximum absolute atomic E-state index is 12.3. The second-order valence-electron chi connectivity index (χ2n) is 9.71. The van der Waals surface area contributed by atoms with E-state index in [9.17, 15) is 14.7 Å². The van der Waals surface area contributed by atoms with Gasteiger partial charge in [0.1, 0.15) is 6.10 Å². The van der Waals surface area contributed by atoms with Crippen LogP contribution < -0.4 is 29.6 Å². The van der Waals surface area contributed by atoms with Crippen molar-refractivity contribution in [3.05, 3.63) is 23.7 Å². The van der Waals surface area contributed by atoms with Crippen LogP contribution in [0.2, 0.25) is 0 Å². The molecule has 0 aromatic carbocycles. The smallest absolute Gasteiger partial charge is 1.00 e. The molecule has 0 spiro atoms. The fourth-order valence-electron chi connectivity index (χ4n) is 4.19. The molecular formula is C27H45NaO7. The molecule has 0 aromatic heterocycles. The summed E-state index contributed by atoms with van der Waals surface area (Å²) in [5.41, 5.74) is 0. The standard InChI is InChI=1S/C27H44O7.Na.H/c1-4-5-6-7-8-9-10-11-12-13-14-15-16-17-18-19-22(28)32-25-23(29)26(30)33-24(25)21-20-31-27(2,3)34-21;;/h11-12,21,24,29H,4-10,13-20H2,1-3H3;;/q;+1;-1/b12-11-;;. The minimum absolute atomic E-state index is 0. The number of allylic oxidation sites excluding steroid dienone is 2. The molecule has 0 amide bonds. The topological polar surface area (TPSA) is 91.3 Å². The van der Waals surface area contributed by atoms with Crippen molar-refractivity contribution in [1.29, 1.82) is 0 Å². The molecule has 0 aromatic rings. The largest absolute Gasteiger partial charge is 1.00 e. The molecule has 196 valence electrons. The predicted octanol–water partition coefficient (Wildman–Crippen LogP) is 3.53. The van der Waals surface area contributed by atoms with Gasteiger partial charge in [-0.3, -0.25) is 4.79 Å². The Balaban J connectivity index is 0.00000612.